The first-order valence-electron chi connectivity index (χ1n) is 4.03. The summed E-state index contributed by atoms with van der Waals surface area (Å²) in [7, 11) is 0. The monoisotopic (exact) mass is 172 g/mol. The molecule has 0 aromatic heterocycles. The molecule has 0 rings (SSSR count). The highest BCUT2D eigenvalue weighted by molar-refractivity contribution is 5.87. The van der Waals surface area contributed by atoms with Crippen molar-refractivity contribution >= 4 is 5.97 Å². The third kappa shape index (κ3) is 4.91. The summed E-state index contributed by atoms with van der Waals surface area (Å²) >= 11 is 0. The highest BCUT2D eigenvalue weighted by Crippen LogP contribution is 2.09. The number of ether oxygens (including phenoxy) is 1. The zero-order chi connectivity index (χ0) is 9.56. The van der Waals surface area contributed by atoms with Gasteiger partial charge in [0.05, 0.1) is 6.61 Å². The SMILES string of the molecule is C=C(CC(C)C)C(=O)OCCO. The summed E-state index contributed by atoms with van der Waals surface area (Å²) in [6, 6.07) is 0. The predicted octanol–water partition coefficient (Wildman–Crippen LogP) is 1.12. The maximum absolute atomic E-state index is 11.0. The second-order valence-corrected chi connectivity index (χ2v) is 3.06. The van der Waals surface area contributed by atoms with Gasteiger partial charge < -0.3 is 9.84 Å². The van der Waals surface area contributed by atoms with Crippen molar-refractivity contribution in [3.05, 3.63) is 12.2 Å². The third-order valence-corrected chi connectivity index (χ3v) is 1.27. The van der Waals surface area contributed by atoms with Crippen molar-refractivity contribution in [1.82, 2.24) is 0 Å². The van der Waals surface area contributed by atoms with Crippen LogP contribution in [0.15, 0.2) is 12.2 Å². The van der Waals surface area contributed by atoms with E-state index in [1.807, 2.05) is 13.8 Å². The molecule has 0 saturated carbocycles. The Hall–Kier alpha value is -0.830. The molecule has 70 valence electrons. The van der Waals surface area contributed by atoms with Crippen LogP contribution in [0.2, 0.25) is 0 Å². The van der Waals surface area contributed by atoms with Gasteiger partial charge in [-0.25, -0.2) is 4.79 Å². The molecule has 0 unspecified atom stereocenters. The lowest BCUT2D eigenvalue weighted by molar-refractivity contribution is -0.140. The van der Waals surface area contributed by atoms with Crippen LogP contribution in [-0.2, 0) is 9.53 Å². The molecule has 0 radical (unpaired) electrons. The first-order valence-corrected chi connectivity index (χ1v) is 4.03. The van der Waals surface area contributed by atoms with Crippen molar-refractivity contribution in [2.45, 2.75) is 20.3 Å². The van der Waals surface area contributed by atoms with Gasteiger partial charge >= 0.3 is 5.97 Å². The molecule has 0 heterocycles. The van der Waals surface area contributed by atoms with Gasteiger partial charge in [0.2, 0.25) is 0 Å². The van der Waals surface area contributed by atoms with Gasteiger partial charge in [-0.05, 0) is 12.3 Å². The standard InChI is InChI=1S/C9H16O3/c1-7(2)6-8(3)9(11)12-5-4-10/h7,10H,3-6H2,1-2H3. The number of rotatable bonds is 5. The summed E-state index contributed by atoms with van der Waals surface area (Å²) in [4.78, 5) is 11.0. The average molecular weight is 172 g/mol. The smallest absolute Gasteiger partial charge is 0.333 e. The molecular weight excluding hydrogens is 156 g/mol. The Balaban J connectivity index is 3.70. The van der Waals surface area contributed by atoms with Gasteiger partial charge in [-0.3, -0.25) is 0 Å². The van der Waals surface area contributed by atoms with Gasteiger partial charge in [-0.2, -0.15) is 0 Å². The quantitative estimate of drug-likeness (QED) is 0.499. The zero-order valence-electron chi connectivity index (χ0n) is 7.67. The van der Waals surface area contributed by atoms with E-state index in [1.165, 1.54) is 0 Å². The van der Waals surface area contributed by atoms with Crippen molar-refractivity contribution in [3.63, 3.8) is 0 Å². The van der Waals surface area contributed by atoms with E-state index in [2.05, 4.69) is 11.3 Å². The second-order valence-electron chi connectivity index (χ2n) is 3.06. The van der Waals surface area contributed by atoms with Crippen molar-refractivity contribution in [2.24, 2.45) is 5.92 Å². The van der Waals surface area contributed by atoms with E-state index in [4.69, 9.17) is 5.11 Å². The Labute approximate surface area is 73.0 Å². The van der Waals surface area contributed by atoms with Crippen LogP contribution in [-0.4, -0.2) is 24.3 Å². The lowest BCUT2D eigenvalue weighted by Gasteiger charge is -2.07. The fourth-order valence-electron chi connectivity index (χ4n) is 0.817. The molecule has 0 spiro atoms. The van der Waals surface area contributed by atoms with Crippen LogP contribution >= 0.6 is 0 Å². The lowest BCUT2D eigenvalue weighted by atomic mass is 10.1. The maximum Gasteiger partial charge on any atom is 0.333 e. The fraction of sp³-hybridized carbons (Fsp3) is 0.667. The molecule has 0 saturated heterocycles. The number of hydrogen-bond acceptors (Lipinski definition) is 3. The Bertz CT molecular complexity index is 161. The number of carbonyl (C=O) groups excluding carboxylic acids is 1. The minimum absolute atomic E-state index is 0.0515. The maximum atomic E-state index is 11.0. The highest BCUT2D eigenvalue weighted by Gasteiger charge is 2.09. The van der Waals surface area contributed by atoms with Crippen molar-refractivity contribution < 1.29 is 14.6 Å². The largest absolute Gasteiger partial charge is 0.460 e. The normalized spacial score (nSPS) is 10.0. The molecule has 3 nitrogen and oxygen atoms in total. The zero-order valence-corrected chi connectivity index (χ0v) is 7.67. The van der Waals surface area contributed by atoms with Gasteiger partial charge in [0.25, 0.3) is 0 Å². The topological polar surface area (TPSA) is 46.5 Å². The van der Waals surface area contributed by atoms with Crippen LogP contribution in [0, 0.1) is 5.92 Å². The van der Waals surface area contributed by atoms with Gasteiger partial charge in [0, 0.05) is 5.57 Å². The van der Waals surface area contributed by atoms with Crippen LogP contribution in [0.1, 0.15) is 20.3 Å². The third-order valence-electron chi connectivity index (χ3n) is 1.27. The average Bonchev–Trinajstić information content (AvgIpc) is 1.98. The molecule has 0 aromatic rings. The van der Waals surface area contributed by atoms with Crippen LogP contribution < -0.4 is 0 Å². The van der Waals surface area contributed by atoms with Crippen LogP contribution in [0.5, 0.6) is 0 Å². The Morgan fingerprint density at radius 3 is 2.58 bits per heavy atom. The summed E-state index contributed by atoms with van der Waals surface area (Å²) in [6.45, 7) is 7.51. The molecule has 0 atom stereocenters. The lowest BCUT2D eigenvalue weighted by Crippen LogP contribution is -2.11. The van der Waals surface area contributed by atoms with Gasteiger partial charge in [-0.15, -0.1) is 0 Å². The van der Waals surface area contributed by atoms with E-state index >= 15 is 0 Å². The Kier molecular flexibility index (Phi) is 5.37. The minimum atomic E-state index is -0.405. The summed E-state index contributed by atoms with van der Waals surface area (Å²) in [5, 5.41) is 8.37. The Morgan fingerprint density at radius 1 is 1.58 bits per heavy atom. The van der Waals surface area contributed by atoms with Crippen LogP contribution in [0.4, 0.5) is 0 Å². The number of aliphatic hydroxyl groups is 1. The second kappa shape index (κ2) is 5.77. The van der Waals surface area contributed by atoms with E-state index in [-0.39, 0.29) is 13.2 Å². The van der Waals surface area contributed by atoms with Crippen molar-refractivity contribution in [3.8, 4) is 0 Å². The summed E-state index contributed by atoms with van der Waals surface area (Å²) in [5.74, 6) is -0.00285. The first kappa shape index (κ1) is 11.2. The van der Waals surface area contributed by atoms with E-state index in [0.717, 1.165) is 0 Å². The van der Waals surface area contributed by atoms with E-state index in [0.29, 0.717) is 17.9 Å². The summed E-state index contributed by atoms with van der Waals surface area (Å²) in [6.07, 6.45) is 0.643. The van der Waals surface area contributed by atoms with Gasteiger partial charge in [0.1, 0.15) is 6.61 Å². The van der Waals surface area contributed by atoms with E-state index in [1.54, 1.807) is 0 Å². The highest BCUT2D eigenvalue weighted by atomic mass is 16.5. The molecule has 0 aliphatic carbocycles. The molecule has 3 heteroatoms. The van der Waals surface area contributed by atoms with Crippen molar-refractivity contribution in [1.29, 1.82) is 0 Å². The molecule has 0 fully saturated rings. The predicted molar refractivity (Wildman–Crippen MR) is 46.6 cm³/mol. The molecule has 0 bridgehead atoms. The van der Waals surface area contributed by atoms with E-state index in [9.17, 15) is 4.79 Å². The van der Waals surface area contributed by atoms with E-state index < -0.39 is 5.97 Å². The van der Waals surface area contributed by atoms with Crippen molar-refractivity contribution in [2.75, 3.05) is 13.2 Å². The fourth-order valence-corrected chi connectivity index (χ4v) is 0.817. The van der Waals surface area contributed by atoms with Gasteiger partial charge in [0.15, 0.2) is 0 Å². The molecule has 0 aromatic carbocycles. The molecular formula is C9H16O3. The molecule has 0 aliphatic rings. The molecule has 1 N–H and O–H groups in total. The summed E-state index contributed by atoms with van der Waals surface area (Å²) < 4.78 is 4.67. The number of carbonyl (C=O) groups is 1. The van der Waals surface area contributed by atoms with Gasteiger partial charge in [-0.1, -0.05) is 20.4 Å². The molecule has 12 heavy (non-hydrogen) atoms. The molecule has 0 amide bonds. The Morgan fingerprint density at radius 2 is 2.17 bits per heavy atom. The molecule has 0 aliphatic heterocycles. The minimum Gasteiger partial charge on any atom is -0.460 e. The summed E-state index contributed by atoms with van der Waals surface area (Å²) in [5.41, 5.74) is 0.471. The number of esters is 1. The van der Waals surface area contributed by atoms with Crippen LogP contribution in [0.3, 0.4) is 0 Å². The number of aliphatic hydroxyl groups excluding tert-OH is 1. The number of hydrogen-bond donors (Lipinski definition) is 1. The first-order chi connectivity index (χ1) is 5.57. The van der Waals surface area contributed by atoms with Crippen LogP contribution in [0.25, 0.3) is 0 Å².